The summed E-state index contributed by atoms with van der Waals surface area (Å²) in [6.07, 6.45) is -0.269. The first kappa shape index (κ1) is 41.3. The summed E-state index contributed by atoms with van der Waals surface area (Å²) >= 11 is 7.49. The summed E-state index contributed by atoms with van der Waals surface area (Å²) < 4.78 is 43.1. The van der Waals surface area contributed by atoms with Gasteiger partial charge in [-0.25, -0.2) is 4.67 Å². The predicted molar refractivity (Wildman–Crippen MR) is 217 cm³/mol. The number of nitriles is 1. The number of hydrogen-bond donors (Lipinski definition) is 0. The van der Waals surface area contributed by atoms with Crippen LogP contribution in [0.3, 0.4) is 0 Å². The quantitative estimate of drug-likeness (QED) is 0.0590. The first-order valence-corrected chi connectivity index (χ1v) is 20.6. The Morgan fingerprint density at radius 2 is 1.42 bits per heavy atom. The Morgan fingerprint density at radius 3 is 1.94 bits per heavy atom. The van der Waals surface area contributed by atoms with E-state index in [9.17, 15) is 5.26 Å². The van der Waals surface area contributed by atoms with Crippen molar-refractivity contribution in [2.75, 3.05) is 27.4 Å². The molecule has 0 spiro atoms. The Kier molecular flexibility index (Phi) is 14.9. The smallest absolute Gasteiger partial charge is 0.259 e. The van der Waals surface area contributed by atoms with E-state index >= 15 is 0 Å². The van der Waals surface area contributed by atoms with Crippen LogP contribution in [0.25, 0.3) is 0 Å². The maximum Gasteiger partial charge on any atom is 0.259 e. The lowest BCUT2D eigenvalue weighted by molar-refractivity contribution is -0.0807. The number of methoxy groups -OCH3 is 2. The monoisotopic (exact) mass is 866 g/mol. The van der Waals surface area contributed by atoms with Crippen molar-refractivity contribution in [1.82, 2.24) is 4.67 Å². The van der Waals surface area contributed by atoms with Crippen LogP contribution in [0.5, 0.6) is 11.5 Å². The van der Waals surface area contributed by atoms with Crippen LogP contribution in [-0.2, 0) is 24.1 Å². The highest BCUT2D eigenvalue weighted by Gasteiger charge is 2.45. The van der Waals surface area contributed by atoms with E-state index in [1.807, 2.05) is 42.5 Å². The second-order valence-corrected chi connectivity index (χ2v) is 16.6. The molecule has 0 aliphatic carbocycles. The van der Waals surface area contributed by atoms with Crippen molar-refractivity contribution in [1.29, 1.82) is 5.26 Å². The standard InChI is InChI=1S/C42H49Br2N2O6P/c1-28(2)46(29(3)4)53(50-23-11-22-45)52-40-26-39(36-24-30(5)37(43)25-38(36)44)51-41(40)27-49-42(31-12-9-8-10-13-31,32-14-18-34(47-6)19-15-32)33-16-20-35(48-7)21-17-33/h8-10,12-21,24-25,28-29,39-41H,11,23,26-27H2,1-7H3/t39-,40+,41-,53?/m1/s1. The van der Waals surface area contributed by atoms with Crippen molar-refractivity contribution < 1.29 is 28.0 Å². The first-order chi connectivity index (χ1) is 25.5. The van der Waals surface area contributed by atoms with Crippen LogP contribution >= 0.6 is 40.4 Å². The van der Waals surface area contributed by atoms with Gasteiger partial charge in [0.2, 0.25) is 0 Å². The zero-order valence-electron chi connectivity index (χ0n) is 31.4. The van der Waals surface area contributed by atoms with Gasteiger partial charge in [0, 0.05) is 27.4 Å². The van der Waals surface area contributed by atoms with Crippen LogP contribution in [-0.4, -0.2) is 56.4 Å². The molecule has 11 heteroatoms. The summed E-state index contributed by atoms with van der Waals surface area (Å²) in [5.74, 6) is 1.50. The van der Waals surface area contributed by atoms with Gasteiger partial charge in [-0.3, -0.25) is 0 Å². The fourth-order valence-corrected chi connectivity index (χ4v) is 9.80. The van der Waals surface area contributed by atoms with Crippen LogP contribution < -0.4 is 9.47 Å². The van der Waals surface area contributed by atoms with Crippen molar-refractivity contribution in [2.45, 2.75) is 83.5 Å². The molecule has 4 aromatic rings. The molecule has 4 aromatic carbocycles. The summed E-state index contributed by atoms with van der Waals surface area (Å²) in [6, 6.07) is 33.0. The second-order valence-electron chi connectivity index (χ2n) is 13.5. The van der Waals surface area contributed by atoms with Crippen LogP contribution in [0.4, 0.5) is 0 Å². The number of rotatable bonds is 17. The number of nitrogens with zero attached hydrogens (tertiary/aromatic N) is 2. The minimum Gasteiger partial charge on any atom is -0.497 e. The SMILES string of the molecule is COc1ccc(C(OC[C@H]2O[C@@H](c3cc(C)c(Br)cc3Br)C[C@@H]2OP(OCCC#N)N(C(C)C)C(C)C)(c2ccccc2)c2ccc(OC)cc2)cc1. The average Bonchev–Trinajstić information content (AvgIpc) is 3.56. The molecule has 8 nitrogen and oxygen atoms in total. The number of halogens is 2. The third-order valence-corrected chi connectivity index (χ3v) is 13.0. The molecule has 0 aromatic heterocycles. The van der Waals surface area contributed by atoms with Gasteiger partial charge < -0.3 is 28.0 Å². The van der Waals surface area contributed by atoms with Gasteiger partial charge in [-0.1, -0.05) is 92.5 Å². The summed E-state index contributed by atoms with van der Waals surface area (Å²) in [7, 11) is 1.79. The molecule has 4 atom stereocenters. The Morgan fingerprint density at radius 1 is 0.849 bits per heavy atom. The van der Waals surface area contributed by atoms with Crippen molar-refractivity contribution in [2.24, 2.45) is 0 Å². The molecule has 0 saturated carbocycles. The van der Waals surface area contributed by atoms with E-state index in [1.165, 1.54) is 0 Å². The molecule has 0 N–H and O–H groups in total. The zero-order chi connectivity index (χ0) is 38.1. The third kappa shape index (κ3) is 9.70. The summed E-state index contributed by atoms with van der Waals surface area (Å²) in [4.78, 5) is 0. The van der Waals surface area contributed by atoms with Gasteiger partial charge in [0.15, 0.2) is 0 Å². The van der Waals surface area contributed by atoms with E-state index in [0.29, 0.717) is 6.42 Å². The Bertz CT molecular complexity index is 1750. The van der Waals surface area contributed by atoms with Crippen molar-refractivity contribution >= 4 is 40.4 Å². The lowest BCUT2D eigenvalue weighted by Crippen LogP contribution is -2.39. The molecular weight excluding hydrogens is 819 g/mol. The largest absolute Gasteiger partial charge is 0.497 e. The van der Waals surface area contributed by atoms with Crippen LogP contribution in [0.2, 0.25) is 0 Å². The fraction of sp³-hybridized carbons (Fsp3) is 0.405. The average molecular weight is 869 g/mol. The van der Waals surface area contributed by atoms with E-state index in [-0.39, 0.29) is 43.9 Å². The predicted octanol–water partition coefficient (Wildman–Crippen LogP) is 11.0. The van der Waals surface area contributed by atoms with Gasteiger partial charge in [0.25, 0.3) is 8.53 Å². The molecule has 1 heterocycles. The van der Waals surface area contributed by atoms with E-state index in [1.54, 1.807) is 14.2 Å². The lowest BCUT2D eigenvalue weighted by atomic mass is 9.80. The summed E-state index contributed by atoms with van der Waals surface area (Å²) in [5.41, 5.74) is 3.94. The third-order valence-electron chi connectivity index (χ3n) is 9.35. The molecule has 1 saturated heterocycles. The van der Waals surface area contributed by atoms with Crippen LogP contribution in [0, 0.1) is 18.3 Å². The van der Waals surface area contributed by atoms with Gasteiger partial charge >= 0.3 is 0 Å². The maximum absolute atomic E-state index is 9.34. The fourth-order valence-electron chi connectivity index (χ4n) is 6.79. The van der Waals surface area contributed by atoms with E-state index in [0.717, 1.165) is 48.3 Å². The lowest BCUT2D eigenvalue weighted by Gasteiger charge is -2.39. The normalized spacial score (nSPS) is 18.1. The van der Waals surface area contributed by atoms with Gasteiger partial charge in [0.05, 0.1) is 52.1 Å². The molecule has 5 rings (SSSR count). The number of ether oxygens (including phenoxy) is 4. The van der Waals surface area contributed by atoms with E-state index < -0.39 is 20.2 Å². The van der Waals surface area contributed by atoms with Gasteiger partial charge in [-0.05, 0) is 92.8 Å². The topological polar surface area (TPSA) is 82.4 Å². The first-order valence-electron chi connectivity index (χ1n) is 17.9. The van der Waals surface area contributed by atoms with E-state index in [2.05, 4.69) is 126 Å². The van der Waals surface area contributed by atoms with Gasteiger partial charge in [-0.2, -0.15) is 5.26 Å². The molecule has 1 unspecified atom stereocenters. The minimum absolute atomic E-state index is 0.148. The summed E-state index contributed by atoms with van der Waals surface area (Å²) in [5, 5.41) is 9.34. The maximum atomic E-state index is 9.34. The second kappa shape index (κ2) is 19.2. The Balaban J connectivity index is 1.60. The molecule has 1 aliphatic rings. The number of hydrogen-bond acceptors (Lipinski definition) is 8. The highest BCUT2D eigenvalue weighted by atomic mass is 79.9. The molecule has 0 radical (unpaired) electrons. The Hall–Kier alpha value is -2.84. The van der Waals surface area contributed by atoms with E-state index in [4.69, 9.17) is 28.0 Å². The minimum atomic E-state index is -1.54. The molecule has 1 aliphatic heterocycles. The van der Waals surface area contributed by atoms with Crippen LogP contribution in [0.15, 0.2) is 99.9 Å². The summed E-state index contributed by atoms with van der Waals surface area (Å²) in [6.45, 7) is 11.1. The van der Waals surface area contributed by atoms with Gasteiger partial charge in [-0.15, -0.1) is 0 Å². The molecule has 53 heavy (non-hydrogen) atoms. The van der Waals surface area contributed by atoms with Crippen LogP contribution in [0.1, 0.15) is 74.5 Å². The Labute approximate surface area is 332 Å². The van der Waals surface area contributed by atoms with Crippen molar-refractivity contribution in [3.05, 3.63) is 128 Å². The zero-order valence-corrected chi connectivity index (χ0v) is 35.5. The van der Waals surface area contributed by atoms with Gasteiger partial charge in [0.1, 0.15) is 23.2 Å². The molecule has 1 fully saturated rings. The highest BCUT2D eigenvalue weighted by Crippen LogP contribution is 2.52. The van der Waals surface area contributed by atoms with Crippen molar-refractivity contribution in [3.63, 3.8) is 0 Å². The molecule has 282 valence electrons. The van der Waals surface area contributed by atoms with Crippen molar-refractivity contribution in [3.8, 4) is 17.6 Å². The highest BCUT2D eigenvalue weighted by molar-refractivity contribution is 9.11. The molecule has 0 amide bonds. The molecular formula is C42H49Br2N2O6P. The molecule has 0 bridgehead atoms. The number of benzene rings is 4. The number of aryl methyl sites for hydroxylation is 1.